The predicted octanol–water partition coefficient (Wildman–Crippen LogP) is -0.350. The molecule has 1 aliphatic heterocycles. The number of nitrogens with one attached hydrogen (secondary N) is 1. The van der Waals surface area contributed by atoms with Crippen LogP contribution in [0.4, 0.5) is 0 Å². The van der Waals surface area contributed by atoms with Gasteiger partial charge in [-0.15, -0.1) is 0 Å². The maximum Gasteiger partial charge on any atom is 0.246 e. The minimum atomic E-state index is -0.602. The lowest BCUT2D eigenvalue weighted by Crippen LogP contribution is -2.51. The first-order valence-electron chi connectivity index (χ1n) is 5.80. The molecular formula is C11H20N2O3S. The van der Waals surface area contributed by atoms with Crippen LogP contribution in [0.15, 0.2) is 0 Å². The average molecular weight is 260 g/mol. The summed E-state index contributed by atoms with van der Waals surface area (Å²) in [6.07, 6.45) is 0.885. The van der Waals surface area contributed by atoms with Crippen LogP contribution in [0, 0.1) is 5.92 Å². The number of aliphatic hydroxyl groups is 1. The Balaban J connectivity index is 2.70. The summed E-state index contributed by atoms with van der Waals surface area (Å²) in [5.74, 6) is 0.159. The van der Waals surface area contributed by atoms with E-state index in [1.54, 1.807) is 4.90 Å². The van der Waals surface area contributed by atoms with Crippen LogP contribution in [0.25, 0.3) is 0 Å². The molecule has 0 aromatic carbocycles. The van der Waals surface area contributed by atoms with Gasteiger partial charge in [-0.1, -0.05) is 6.92 Å². The molecule has 5 nitrogen and oxygen atoms in total. The van der Waals surface area contributed by atoms with Crippen LogP contribution in [0.2, 0.25) is 0 Å². The molecule has 1 heterocycles. The van der Waals surface area contributed by atoms with Crippen LogP contribution in [0.5, 0.6) is 0 Å². The van der Waals surface area contributed by atoms with E-state index in [4.69, 9.17) is 0 Å². The van der Waals surface area contributed by atoms with Crippen LogP contribution in [-0.2, 0) is 9.59 Å². The number of thiol groups is 1. The monoisotopic (exact) mass is 260 g/mol. The van der Waals surface area contributed by atoms with Gasteiger partial charge in [-0.25, -0.2) is 0 Å². The Morgan fingerprint density at radius 2 is 2.24 bits per heavy atom. The predicted molar refractivity (Wildman–Crippen MR) is 67.8 cm³/mol. The highest BCUT2D eigenvalue weighted by atomic mass is 32.1. The van der Waals surface area contributed by atoms with Crippen LogP contribution in [-0.4, -0.2) is 52.8 Å². The van der Waals surface area contributed by atoms with E-state index in [1.165, 1.54) is 6.92 Å². The van der Waals surface area contributed by atoms with Gasteiger partial charge in [-0.05, 0) is 12.3 Å². The van der Waals surface area contributed by atoms with Crippen molar-refractivity contribution in [2.75, 3.05) is 18.9 Å². The zero-order valence-electron chi connectivity index (χ0n) is 10.2. The van der Waals surface area contributed by atoms with Gasteiger partial charge in [0.25, 0.3) is 0 Å². The highest BCUT2D eigenvalue weighted by Crippen LogP contribution is 2.24. The van der Waals surface area contributed by atoms with Crippen molar-refractivity contribution >= 4 is 24.4 Å². The maximum atomic E-state index is 12.2. The Morgan fingerprint density at radius 3 is 2.71 bits per heavy atom. The number of likely N-dealkylation sites (tertiary alicyclic amines) is 1. The van der Waals surface area contributed by atoms with Gasteiger partial charge in [0.1, 0.15) is 6.04 Å². The van der Waals surface area contributed by atoms with Crippen LogP contribution >= 0.6 is 12.6 Å². The van der Waals surface area contributed by atoms with Crippen molar-refractivity contribution in [3.63, 3.8) is 0 Å². The van der Waals surface area contributed by atoms with Crippen molar-refractivity contribution in [1.82, 2.24) is 10.2 Å². The number of carbonyl (C=O) groups excluding carboxylic acids is 2. The molecule has 1 rings (SSSR count). The summed E-state index contributed by atoms with van der Waals surface area (Å²) in [6.45, 7) is 3.99. The molecule has 6 heteroatoms. The smallest absolute Gasteiger partial charge is 0.246 e. The fourth-order valence-corrected chi connectivity index (χ4v) is 2.44. The van der Waals surface area contributed by atoms with Crippen molar-refractivity contribution in [3.8, 4) is 0 Å². The lowest BCUT2D eigenvalue weighted by molar-refractivity contribution is -0.137. The highest BCUT2D eigenvalue weighted by Gasteiger charge is 2.36. The summed E-state index contributed by atoms with van der Waals surface area (Å²) in [6, 6.07) is -0.742. The first-order valence-corrected chi connectivity index (χ1v) is 6.43. The number of hydrogen-bond acceptors (Lipinski definition) is 4. The molecule has 0 saturated carbocycles. The Bertz CT molecular complexity index is 298. The van der Waals surface area contributed by atoms with Gasteiger partial charge < -0.3 is 15.3 Å². The molecule has 0 radical (unpaired) electrons. The number of carbonyl (C=O) groups is 2. The molecule has 1 aliphatic rings. The van der Waals surface area contributed by atoms with E-state index in [-0.39, 0.29) is 30.2 Å². The van der Waals surface area contributed by atoms with Crippen molar-refractivity contribution < 1.29 is 14.7 Å². The Morgan fingerprint density at radius 1 is 1.59 bits per heavy atom. The molecule has 98 valence electrons. The van der Waals surface area contributed by atoms with Crippen molar-refractivity contribution in [2.24, 2.45) is 5.92 Å². The Hall–Kier alpha value is -0.750. The third-order valence-corrected chi connectivity index (χ3v) is 3.58. The third-order valence-electron chi connectivity index (χ3n) is 3.21. The van der Waals surface area contributed by atoms with Crippen molar-refractivity contribution in [2.45, 2.75) is 32.4 Å². The fraction of sp³-hybridized carbons (Fsp3) is 0.818. The van der Waals surface area contributed by atoms with Gasteiger partial charge in [0.2, 0.25) is 11.8 Å². The number of aliphatic hydroxyl groups excluding tert-OH is 1. The van der Waals surface area contributed by atoms with Gasteiger partial charge in [-0.2, -0.15) is 12.6 Å². The molecule has 2 amide bonds. The lowest BCUT2D eigenvalue weighted by atomic mass is 10.0. The second kappa shape index (κ2) is 6.26. The Kier molecular flexibility index (Phi) is 5.27. The molecule has 0 spiro atoms. The summed E-state index contributed by atoms with van der Waals surface area (Å²) in [4.78, 5) is 24.8. The molecule has 0 bridgehead atoms. The highest BCUT2D eigenvalue weighted by molar-refractivity contribution is 7.80. The molecule has 3 atom stereocenters. The van der Waals surface area contributed by atoms with E-state index < -0.39 is 6.04 Å². The van der Waals surface area contributed by atoms with Crippen LogP contribution in [0.1, 0.15) is 20.3 Å². The summed E-state index contributed by atoms with van der Waals surface area (Å²) in [7, 11) is 0. The maximum absolute atomic E-state index is 12.2. The number of hydrogen-bond donors (Lipinski definition) is 3. The number of nitrogens with zero attached hydrogens (tertiary/aromatic N) is 1. The molecule has 1 saturated heterocycles. The molecule has 0 aliphatic carbocycles. The molecule has 0 aromatic rings. The topological polar surface area (TPSA) is 69.6 Å². The van der Waals surface area contributed by atoms with Gasteiger partial charge in [0.15, 0.2) is 0 Å². The first-order chi connectivity index (χ1) is 8.01. The quantitative estimate of drug-likeness (QED) is 0.605. The van der Waals surface area contributed by atoms with E-state index in [1.807, 2.05) is 6.92 Å². The molecule has 3 unspecified atom stereocenters. The first kappa shape index (κ1) is 14.3. The largest absolute Gasteiger partial charge is 0.394 e. The second-order valence-corrected chi connectivity index (χ2v) is 4.85. The van der Waals surface area contributed by atoms with E-state index in [2.05, 4.69) is 17.9 Å². The van der Waals surface area contributed by atoms with Crippen molar-refractivity contribution in [3.05, 3.63) is 0 Å². The number of rotatable bonds is 4. The van der Waals surface area contributed by atoms with Gasteiger partial charge in [-0.3, -0.25) is 9.59 Å². The summed E-state index contributed by atoms with van der Waals surface area (Å²) >= 11 is 4.08. The van der Waals surface area contributed by atoms with E-state index in [0.29, 0.717) is 12.5 Å². The molecule has 2 N–H and O–H groups in total. The second-order valence-electron chi connectivity index (χ2n) is 4.48. The molecular weight excluding hydrogens is 240 g/mol. The zero-order chi connectivity index (χ0) is 13.0. The summed E-state index contributed by atoms with van der Waals surface area (Å²) in [5, 5.41) is 11.9. The molecule has 17 heavy (non-hydrogen) atoms. The third kappa shape index (κ3) is 3.35. The lowest BCUT2D eigenvalue weighted by Gasteiger charge is -2.28. The molecule has 0 aromatic heterocycles. The minimum absolute atomic E-state index is 0.0354. The van der Waals surface area contributed by atoms with Gasteiger partial charge >= 0.3 is 0 Å². The van der Waals surface area contributed by atoms with E-state index >= 15 is 0 Å². The normalized spacial score (nSPS) is 25.8. The van der Waals surface area contributed by atoms with Crippen LogP contribution < -0.4 is 5.32 Å². The standard InChI is InChI=1S/C11H20N2O3S/c1-7-3-4-13(10(7)5-14)11(16)9(6-17)12-8(2)15/h7,9-10,14,17H,3-6H2,1-2H3,(H,12,15). The average Bonchev–Trinajstić information content (AvgIpc) is 2.66. The van der Waals surface area contributed by atoms with Crippen LogP contribution in [0.3, 0.4) is 0 Å². The fourth-order valence-electron chi connectivity index (χ4n) is 2.19. The summed E-state index contributed by atoms with van der Waals surface area (Å²) < 4.78 is 0. The van der Waals surface area contributed by atoms with E-state index in [0.717, 1.165) is 6.42 Å². The Labute approximate surface area is 107 Å². The zero-order valence-corrected chi connectivity index (χ0v) is 11.1. The van der Waals surface area contributed by atoms with Gasteiger partial charge in [0, 0.05) is 19.2 Å². The minimum Gasteiger partial charge on any atom is -0.394 e. The summed E-state index contributed by atoms with van der Waals surface area (Å²) in [5.41, 5.74) is 0. The number of amides is 2. The van der Waals surface area contributed by atoms with Crippen molar-refractivity contribution in [1.29, 1.82) is 0 Å². The SMILES string of the molecule is CC(=O)NC(CS)C(=O)N1CCC(C)C1CO. The van der Waals surface area contributed by atoms with E-state index in [9.17, 15) is 14.7 Å². The molecule has 1 fully saturated rings. The van der Waals surface area contributed by atoms with Gasteiger partial charge in [0.05, 0.1) is 12.6 Å².